The summed E-state index contributed by atoms with van der Waals surface area (Å²) in [4.78, 5) is 7.08. The van der Waals surface area contributed by atoms with Gasteiger partial charge in [-0.2, -0.15) is 13.2 Å². The van der Waals surface area contributed by atoms with E-state index in [1.54, 1.807) is 0 Å². The van der Waals surface area contributed by atoms with E-state index in [9.17, 15) is 21.6 Å². The lowest BCUT2D eigenvalue weighted by Crippen LogP contribution is -2.25. The fourth-order valence-corrected chi connectivity index (χ4v) is 3.48. The minimum absolute atomic E-state index is 0.0198. The average Bonchev–Trinajstić information content (AvgIpc) is 3.04. The molecule has 9 heteroatoms. The average molecular weight is 309 g/mol. The predicted molar refractivity (Wildman–Crippen MR) is 66.9 cm³/mol. The van der Waals surface area contributed by atoms with Crippen molar-refractivity contribution < 1.29 is 21.6 Å². The quantitative estimate of drug-likeness (QED) is 0.897. The highest BCUT2D eigenvalue weighted by Gasteiger charge is 2.45. The molecule has 0 spiro atoms. The smallest absolute Gasteiger partial charge is 0.354 e. The molecule has 1 aliphatic carbocycles. The van der Waals surface area contributed by atoms with Gasteiger partial charge < -0.3 is 5.32 Å². The summed E-state index contributed by atoms with van der Waals surface area (Å²) in [5.41, 5.74) is -1.42. The fourth-order valence-electron chi connectivity index (χ4n) is 1.97. The van der Waals surface area contributed by atoms with Crippen LogP contribution in [0.4, 0.5) is 19.1 Å². The Morgan fingerprint density at radius 1 is 1.40 bits per heavy atom. The molecule has 1 heterocycles. The third-order valence-electron chi connectivity index (χ3n) is 3.09. The molecule has 1 aromatic heterocycles. The Morgan fingerprint density at radius 2 is 2.05 bits per heavy atom. The second-order valence-corrected chi connectivity index (χ2v) is 7.33. The molecular weight excluding hydrogens is 295 g/mol. The minimum atomic E-state index is -4.52. The van der Waals surface area contributed by atoms with E-state index in [-0.39, 0.29) is 18.2 Å². The predicted octanol–water partition coefficient (Wildman–Crippen LogP) is 1.73. The van der Waals surface area contributed by atoms with Crippen LogP contribution >= 0.6 is 0 Å². The Kier molecular flexibility index (Phi) is 3.66. The van der Waals surface area contributed by atoms with Gasteiger partial charge in [0.15, 0.2) is 0 Å². The maximum Gasteiger partial charge on any atom is 0.433 e. The third kappa shape index (κ3) is 4.06. The van der Waals surface area contributed by atoms with Crippen molar-refractivity contribution in [3.63, 3.8) is 0 Å². The lowest BCUT2D eigenvalue weighted by atomic mass is 10.1. The number of rotatable bonds is 5. The van der Waals surface area contributed by atoms with Gasteiger partial charge in [-0.25, -0.2) is 18.4 Å². The number of halogens is 3. The molecule has 2 rings (SSSR count). The molecule has 0 aliphatic heterocycles. The first-order valence-corrected chi connectivity index (χ1v) is 7.98. The molecule has 0 bridgehead atoms. The molecule has 0 atom stereocenters. The number of alkyl halides is 3. The molecule has 0 saturated heterocycles. The van der Waals surface area contributed by atoms with E-state index in [0.29, 0.717) is 0 Å². The number of nitrogens with one attached hydrogen (secondary N) is 1. The monoisotopic (exact) mass is 309 g/mol. The SMILES string of the molecule is CS(=O)(=O)CC1(CNc2nccc(C(F)(F)F)n2)CC1. The zero-order valence-electron chi connectivity index (χ0n) is 10.7. The van der Waals surface area contributed by atoms with Gasteiger partial charge in [-0.05, 0) is 18.9 Å². The van der Waals surface area contributed by atoms with Crippen LogP contribution in [-0.4, -0.2) is 36.9 Å². The largest absolute Gasteiger partial charge is 0.433 e. The molecule has 20 heavy (non-hydrogen) atoms. The summed E-state index contributed by atoms with van der Waals surface area (Å²) in [6.07, 6.45) is -0.899. The highest BCUT2D eigenvalue weighted by Crippen LogP contribution is 2.46. The maximum atomic E-state index is 12.5. The van der Waals surface area contributed by atoms with Crippen LogP contribution in [0.15, 0.2) is 12.3 Å². The third-order valence-corrected chi connectivity index (χ3v) is 4.23. The summed E-state index contributed by atoms with van der Waals surface area (Å²) in [6.45, 7) is 0.251. The Labute approximate surface area is 114 Å². The van der Waals surface area contributed by atoms with Crippen LogP contribution in [0.5, 0.6) is 0 Å². The van der Waals surface area contributed by atoms with Gasteiger partial charge in [-0.1, -0.05) is 0 Å². The van der Waals surface area contributed by atoms with Gasteiger partial charge in [0, 0.05) is 24.4 Å². The van der Waals surface area contributed by atoms with Gasteiger partial charge in [-0.3, -0.25) is 0 Å². The van der Waals surface area contributed by atoms with Crippen molar-refractivity contribution >= 4 is 15.8 Å². The standard InChI is InChI=1S/C11H14F3N3O2S/c1-20(18,19)7-10(3-4-10)6-16-9-15-5-2-8(17-9)11(12,13)14/h2,5H,3-4,6-7H2,1H3,(H,15,16,17). The van der Waals surface area contributed by atoms with Crippen LogP contribution in [0.25, 0.3) is 0 Å². The first kappa shape index (κ1) is 15.0. The molecule has 5 nitrogen and oxygen atoms in total. The number of hydrogen-bond donors (Lipinski definition) is 1. The Hall–Kier alpha value is -1.38. The van der Waals surface area contributed by atoms with Crippen LogP contribution in [0.1, 0.15) is 18.5 Å². The van der Waals surface area contributed by atoms with Gasteiger partial charge >= 0.3 is 6.18 Å². The van der Waals surface area contributed by atoms with Crippen molar-refractivity contribution in [2.24, 2.45) is 5.41 Å². The molecule has 1 fully saturated rings. The lowest BCUT2D eigenvalue weighted by molar-refractivity contribution is -0.141. The van der Waals surface area contributed by atoms with E-state index < -0.39 is 27.1 Å². The van der Waals surface area contributed by atoms with Crippen LogP contribution < -0.4 is 5.32 Å². The molecule has 1 N–H and O–H groups in total. The van der Waals surface area contributed by atoms with E-state index in [1.165, 1.54) is 0 Å². The molecule has 1 aliphatic rings. The molecule has 1 saturated carbocycles. The zero-order chi connectivity index (χ0) is 15.0. The summed E-state index contributed by atoms with van der Waals surface area (Å²) < 4.78 is 60.0. The van der Waals surface area contributed by atoms with Crippen molar-refractivity contribution in [2.45, 2.75) is 19.0 Å². The van der Waals surface area contributed by atoms with E-state index >= 15 is 0 Å². The summed E-state index contributed by atoms with van der Waals surface area (Å²) in [7, 11) is -3.12. The van der Waals surface area contributed by atoms with Gasteiger partial charge in [0.05, 0.1) is 5.75 Å². The molecule has 1 aromatic rings. The summed E-state index contributed by atoms with van der Waals surface area (Å²) in [5.74, 6) is -0.119. The maximum absolute atomic E-state index is 12.5. The summed E-state index contributed by atoms with van der Waals surface area (Å²) in [6, 6.07) is 0.786. The van der Waals surface area contributed by atoms with Crippen molar-refractivity contribution in [1.29, 1.82) is 0 Å². The van der Waals surface area contributed by atoms with Gasteiger partial charge in [0.25, 0.3) is 0 Å². The van der Waals surface area contributed by atoms with Gasteiger partial charge in [-0.15, -0.1) is 0 Å². The van der Waals surface area contributed by atoms with Crippen molar-refractivity contribution in [1.82, 2.24) is 9.97 Å². The zero-order valence-corrected chi connectivity index (χ0v) is 11.6. The molecule has 0 aromatic carbocycles. The number of anilines is 1. The Bertz CT molecular complexity index is 597. The molecular formula is C11H14F3N3O2S. The summed E-state index contributed by atoms with van der Waals surface area (Å²) in [5, 5.41) is 2.70. The normalized spacial score (nSPS) is 17.8. The number of aromatic nitrogens is 2. The number of nitrogens with zero attached hydrogens (tertiary/aromatic N) is 2. The highest BCUT2D eigenvalue weighted by molar-refractivity contribution is 7.90. The van der Waals surface area contributed by atoms with Crippen LogP contribution in [0, 0.1) is 5.41 Å². The Morgan fingerprint density at radius 3 is 2.55 bits per heavy atom. The number of hydrogen-bond acceptors (Lipinski definition) is 5. The van der Waals surface area contributed by atoms with E-state index in [1.807, 2.05) is 0 Å². The highest BCUT2D eigenvalue weighted by atomic mass is 32.2. The van der Waals surface area contributed by atoms with E-state index in [2.05, 4.69) is 15.3 Å². The molecule has 0 radical (unpaired) electrons. The van der Waals surface area contributed by atoms with Crippen molar-refractivity contribution in [3.8, 4) is 0 Å². The number of sulfone groups is 1. The van der Waals surface area contributed by atoms with Gasteiger partial charge in [0.1, 0.15) is 15.5 Å². The molecule has 0 unspecified atom stereocenters. The van der Waals surface area contributed by atoms with Crippen LogP contribution in [-0.2, 0) is 16.0 Å². The van der Waals surface area contributed by atoms with Crippen molar-refractivity contribution in [2.75, 3.05) is 23.9 Å². The van der Waals surface area contributed by atoms with E-state index in [0.717, 1.165) is 31.4 Å². The topological polar surface area (TPSA) is 72.0 Å². The van der Waals surface area contributed by atoms with Crippen LogP contribution in [0.2, 0.25) is 0 Å². The minimum Gasteiger partial charge on any atom is -0.354 e. The first-order valence-electron chi connectivity index (χ1n) is 5.92. The first-order chi connectivity index (χ1) is 9.10. The summed E-state index contributed by atoms with van der Waals surface area (Å²) >= 11 is 0. The molecule has 112 valence electrons. The van der Waals surface area contributed by atoms with Crippen molar-refractivity contribution in [3.05, 3.63) is 18.0 Å². The fraction of sp³-hybridized carbons (Fsp3) is 0.636. The lowest BCUT2D eigenvalue weighted by Gasteiger charge is -2.15. The van der Waals surface area contributed by atoms with Gasteiger partial charge in [0.2, 0.25) is 5.95 Å². The molecule has 0 amide bonds. The van der Waals surface area contributed by atoms with Crippen LogP contribution in [0.3, 0.4) is 0 Å². The second kappa shape index (κ2) is 4.87. The second-order valence-electron chi connectivity index (χ2n) is 5.19. The van der Waals surface area contributed by atoms with E-state index in [4.69, 9.17) is 0 Å². The Balaban J connectivity index is 2.02.